The van der Waals surface area contributed by atoms with Crippen molar-refractivity contribution in [2.75, 3.05) is 6.61 Å². The van der Waals surface area contributed by atoms with Crippen LogP contribution in [0.3, 0.4) is 0 Å². The maximum Gasteiger partial charge on any atom is 0.494 e. The van der Waals surface area contributed by atoms with Crippen molar-refractivity contribution in [3.63, 3.8) is 0 Å². The van der Waals surface area contributed by atoms with Gasteiger partial charge in [-0.2, -0.15) is 0 Å². The van der Waals surface area contributed by atoms with Gasteiger partial charge in [0.15, 0.2) is 0 Å². The molecule has 0 amide bonds. The van der Waals surface area contributed by atoms with Gasteiger partial charge in [0.05, 0.1) is 29.4 Å². The average molecular weight is 415 g/mol. The van der Waals surface area contributed by atoms with Gasteiger partial charge in [-0.05, 0) is 57.6 Å². The SMILES string of the molecule is CC(C)CC(CO)n1cc(C(=O)O)c(=O)c2cc(B3OC(C)(C)C(C)(C)O3)ccc21. The second kappa shape index (κ2) is 7.83. The largest absolute Gasteiger partial charge is 0.494 e. The first-order valence-corrected chi connectivity index (χ1v) is 10.3. The number of nitrogens with zero attached hydrogens (tertiary/aromatic N) is 1. The van der Waals surface area contributed by atoms with Crippen molar-refractivity contribution < 1.29 is 24.3 Å². The van der Waals surface area contributed by atoms with Crippen molar-refractivity contribution in [3.05, 3.63) is 40.2 Å². The maximum atomic E-state index is 12.9. The summed E-state index contributed by atoms with van der Waals surface area (Å²) in [4.78, 5) is 24.7. The monoisotopic (exact) mass is 415 g/mol. The molecule has 1 aromatic carbocycles. The van der Waals surface area contributed by atoms with Gasteiger partial charge in [-0.3, -0.25) is 4.79 Å². The number of hydrogen-bond acceptors (Lipinski definition) is 5. The first-order chi connectivity index (χ1) is 13.9. The summed E-state index contributed by atoms with van der Waals surface area (Å²) in [6.07, 6.45) is 1.98. The van der Waals surface area contributed by atoms with Crippen LogP contribution in [0.25, 0.3) is 10.9 Å². The Hall–Kier alpha value is -2.16. The molecule has 1 atom stereocenters. The molecule has 7 nitrogen and oxygen atoms in total. The van der Waals surface area contributed by atoms with Crippen LogP contribution in [0, 0.1) is 5.92 Å². The second-order valence-electron chi connectivity index (χ2n) is 9.42. The summed E-state index contributed by atoms with van der Waals surface area (Å²) >= 11 is 0. The van der Waals surface area contributed by atoms with Crippen molar-refractivity contribution in [2.24, 2.45) is 5.92 Å². The Morgan fingerprint density at radius 2 is 1.77 bits per heavy atom. The first kappa shape index (κ1) is 22.5. The molecule has 2 heterocycles. The minimum atomic E-state index is -1.29. The summed E-state index contributed by atoms with van der Waals surface area (Å²) < 4.78 is 13.9. The standard InChI is InChI=1S/C22H30BNO6/c1-13(2)9-15(12-25)24-11-17(20(27)28)19(26)16-10-14(7-8-18(16)24)23-29-21(3,4)22(5,6)30-23/h7-8,10-11,13,15,25H,9,12H2,1-6H3,(H,27,28). The highest BCUT2D eigenvalue weighted by molar-refractivity contribution is 6.62. The molecular weight excluding hydrogens is 385 g/mol. The van der Waals surface area contributed by atoms with E-state index in [1.165, 1.54) is 6.20 Å². The van der Waals surface area contributed by atoms with Crippen LogP contribution in [0.2, 0.25) is 0 Å². The van der Waals surface area contributed by atoms with E-state index < -0.39 is 29.7 Å². The lowest BCUT2D eigenvalue weighted by Crippen LogP contribution is -2.41. The molecule has 1 aliphatic heterocycles. The van der Waals surface area contributed by atoms with Gasteiger partial charge in [0.2, 0.25) is 5.43 Å². The fraction of sp³-hybridized carbons (Fsp3) is 0.545. The van der Waals surface area contributed by atoms with Crippen molar-refractivity contribution in [3.8, 4) is 0 Å². The number of pyridine rings is 1. The van der Waals surface area contributed by atoms with Gasteiger partial charge in [-0.15, -0.1) is 0 Å². The molecule has 2 aromatic rings. The van der Waals surface area contributed by atoms with E-state index in [1.54, 1.807) is 16.7 Å². The lowest BCUT2D eigenvalue weighted by atomic mass is 9.78. The van der Waals surface area contributed by atoms with Gasteiger partial charge in [0.1, 0.15) is 5.56 Å². The van der Waals surface area contributed by atoms with Crippen molar-refractivity contribution in [1.29, 1.82) is 0 Å². The van der Waals surface area contributed by atoms with Crippen molar-refractivity contribution in [2.45, 2.75) is 65.2 Å². The van der Waals surface area contributed by atoms with Crippen LogP contribution in [-0.4, -0.2) is 45.7 Å². The zero-order valence-corrected chi connectivity index (χ0v) is 18.4. The summed E-state index contributed by atoms with van der Waals surface area (Å²) in [5.41, 5.74) is -0.727. The molecule has 0 bridgehead atoms. The molecule has 1 aromatic heterocycles. The van der Waals surface area contributed by atoms with Crippen LogP contribution in [0.5, 0.6) is 0 Å². The maximum absolute atomic E-state index is 12.9. The third-order valence-corrected chi connectivity index (χ3v) is 6.16. The van der Waals surface area contributed by atoms with Crippen molar-refractivity contribution >= 4 is 29.5 Å². The molecule has 162 valence electrons. The number of aliphatic hydroxyl groups is 1. The van der Waals surface area contributed by atoms with Crippen LogP contribution in [0.1, 0.15) is 64.4 Å². The van der Waals surface area contributed by atoms with Gasteiger partial charge in [-0.1, -0.05) is 19.9 Å². The molecule has 3 rings (SSSR count). The number of carboxylic acid groups (broad SMARTS) is 1. The van der Waals surface area contributed by atoms with Crippen molar-refractivity contribution in [1.82, 2.24) is 4.57 Å². The number of carbonyl (C=O) groups is 1. The first-order valence-electron chi connectivity index (χ1n) is 10.3. The zero-order chi connectivity index (χ0) is 22.4. The molecule has 0 radical (unpaired) electrons. The van der Waals surface area contributed by atoms with Gasteiger partial charge in [0.25, 0.3) is 0 Å². The quantitative estimate of drug-likeness (QED) is 0.704. The summed E-state index contributed by atoms with van der Waals surface area (Å²) in [5, 5.41) is 19.8. The molecule has 0 spiro atoms. The van der Waals surface area contributed by atoms with Crippen LogP contribution in [-0.2, 0) is 9.31 Å². The predicted molar refractivity (Wildman–Crippen MR) is 116 cm³/mol. The molecule has 0 aliphatic carbocycles. The number of rotatable bonds is 6. The highest BCUT2D eigenvalue weighted by atomic mass is 16.7. The number of aromatic carboxylic acids is 1. The molecule has 0 saturated carbocycles. The zero-order valence-electron chi connectivity index (χ0n) is 18.4. The fourth-order valence-corrected chi connectivity index (χ4v) is 3.77. The van der Waals surface area contributed by atoms with E-state index in [1.807, 2.05) is 47.6 Å². The molecule has 1 unspecified atom stereocenters. The highest BCUT2D eigenvalue weighted by Crippen LogP contribution is 2.36. The Kier molecular flexibility index (Phi) is 5.88. The smallest absolute Gasteiger partial charge is 0.477 e. The topological polar surface area (TPSA) is 98.0 Å². The van der Waals surface area contributed by atoms with Crippen LogP contribution < -0.4 is 10.9 Å². The Balaban J connectivity index is 2.18. The van der Waals surface area contributed by atoms with Crippen LogP contribution in [0.15, 0.2) is 29.2 Å². The number of benzene rings is 1. The highest BCUT2D eigenvalue weighted by Gasteiger charge is 2.51. The lowest BCUT2D eigenvalue weighted by molar-refractivity contribution is 0.00578. The van der Waals surface area contributed by atoms with Crippen LogP contribution >= 0.6 is 0 Å². The Bertz CT molecular complexity index is 1010. The Morgan fingerprint density at radius 1 is 1.17 bits per heavy atom. The van der Waals surface area contributed by atoms with Crippen LogP contribution in [0.4, 0.5) is 0 Å². The van der Waals surface area contributed by atoms with E-state index >= 15 is 0 Å². The Labute approximate surface area is 176 Å². The molecular formula is C22H30BNO6. The number of aliphatic hydroxyl groups excluding tert-OH is 1. The fourth-order valence-electron chi connectivity index (χ4n) is 3.77. The summed E-state index contributed by atoms with van der Waals surface area (Å²) in [6, 6.07) is 4.90. The van der Waals surface area contributed by atoms with E-state index in [0.29, 0.717) is 17.4 Å². The number of hydrogen-bond donors (Lipinski definition) is 2. The summed E-state index contributed by atoms with van der Waals surface area (Å²) in [5.74, 6) is -1.01. The normalized spacial score (nSPS) is 18.9. The molecule has 1 aliphatic rings. The van der Waals surface area contributed by atoms with Gasteiger partial charge < -0.3 is 24.1 Å². The lowest BCUT2D eigenvalue weighted by Gasteiger charge is -2.32. The number of carboxylic acids is 1. The predicted octanol–water partition coefficient (Wildman–Crippen LogP) is 2.58. The minimum absolute atomic E-state index is 0.159. The molecule has 8 heteroatoms. The molecule has 30 heavy (non-hydrogen) atoms. The van der Waals surface area contributed by atoms with Gasteiger partial charge >= 0.3 is 13.1 Å². The third-order valence-electron chi connectivity index (χ3n) is 6.16. The Morgan fingerprint density at radius 3 is 2.27 bits per heavy atom. The van der Waals surface area contributed by atoms with E-state index in [2.05, 4.69) is 0 Å². The van der Waals surface area contributed by atoms with E-state index in [-0.39, 0.29) is 29.5 Å². The van der Waals surface area contributed by atoms with E-state index in [4.69, 9.17) is 9.31 Å². The minimum Gasteiger partial charge on any atom is -0.477 e. The summed E-state index contributed by atoms with van der Waals surface area (Å²) in [7, 11) is -0.662. The third kappa shape index (κ3) is 3.91. The van der Waals surface area contributed by atoms with Gasteiger partial charge in [0, 0.05) is 11.6 Å². The number of fused-ring (bicyclic) bond motifs is 1. The van der Waals surface area contributed by atoms with Gasteiger partial charge in [-0.25, -0.2) is 4.79 Å². The molecule has 1 fully saturated rings. The van der Waals surface area contributed by atoms with E-state index in [0.717, 1.165) is 0 Å². The molecule has 2 N–H and O–H groups in total. The molecule has 1 saturated heterocycles. The number of aromatic nitrogens is 1. The van der Waals surface area contributed by atoms with E-state index in [9.17, 15) is 19.8 Å². The average Bonchev–Trinajstić information content (AvgIpc) is 2.87. The summed E-state index contributed by atoms with van der Waals surface area (Å²) in [6.45, 7) is 11.7. The second-order valence-corrected chi connectivity index (χ2v) is 9.42.